The molecule has 0 aliphatic rings. The van der Waals surface area contributed by atoms with E-state index in [0.717, 1.165) is 23.4 Å². The highest BCUT2D eigenvalue weighted by atomic mass is 35.5. The van der Waals surface area contributed by atoms with Crippen LogP contribution in [-0.4, -0.2) is 0 Å². The molecule has 0 saturated carbocycles. The molecule has 1 nitrogen and oxygen atoms in total. The van der Waals surface area contributed by atoms with Crippen molar-refractivity contribution in [2.75, 3.05) is 0 Å². The molecular formula is C11H14ClN. The number of hydrogen-bond donors (Lipinski definition) is 1. The van der Waals surface area contributed by atoms with Crippen molar-refractivity contribution in [1.82, 2.24) is 0 Å². The van der Waals surface area contributed by atoms with Gasteiger partial charge in [0, 0.05) is 11.1 Å². The van der Waals surface area contributed by atoms with Gasteiger partial charge in [-0.25, -0.2) is 0 Å². The lowest BCUT2D eigenvalue weighted by atomic mass is 10.0. The summed E-state index contributed by atoms with van der Waals surface area (Å²) in [6.45, 7) is 3.66. The average Bonchev–Trinajstić information content (AvgIpc) is 2.15. The molecule has 0 spiro atoms. The van der Waals surface area contributed by atoms with Crippen LogP contribution in [0.5, 0.6) is 0 Å². The van der Waals surface area contributed by atoms with Crippen LogP contribution in [0.1, 0.15) is 24.4 Å². The maximum absolute atomic E-state index is 5.99. The smallest absolute Gasteiger partial charge is 0.0453 e. The molecule has 0 radical (unpaired) electrons. The Bertz CT molecular complexity index is 283. The van der Waals surface area contributed by atoms with Crippen molar-refractivity contribution in [3.63, 3.8) is 0 Å². The van der Waals surface area contributed by atoms with Gasteiger partial charge in [0.15, 0.2) is 0 Å². The molecule has 0 bridgehead atoms. The van der Waals surface area contributed by atoms with Crippen LogP contribution in [-0.2, 0) is 0 Å². The van der Waals surface area contributed by atoms with Gasteiger partial charge in [0.2, 0.25) is 0 Å². The molecule has 0 aliphatic carbocycles. The number of hydrogen-bond acceptors (Lipinski definition) is 1. The van der Waals surface area contributed by atoms with Gasteiger partial charge < -0.3 is 5.73 Å². The van der Waals surface area contributed by atoms with Crippen molar-refractivity contribution in [3.8, 4) is 0 Å². The van der Waals surface area contributed by atoms with Crippen molar-refractivity contribution in [3.05, 3.63) is 47.5 Å². The monoisotopic (exact) mass is 195 g/mol. The van der Waals surface area contributed by atoms with Gasteiger partial charge in [-0.2, -0.15) is 0 Å². The second kappa shape index (κ2) is 5.05. The van der Waals surface area contributed by atoms with Crippen LogP contribution >= 0.6 is 11.6 Å². The quantitative estimate of drug-likeness (QED) is 0.733. The molecule has 1 rings (SSSR count). The number of benzene rings is 1. The van der Waals surface area contributed by atoms with Crippen molar-refractivity contribution in [2.45, 2.75) is 18.9 Å². The highest BCUT2D eigenvalue weighted by Gasteiger charge is 2.07. The lowest BCUT2D eigenvalue weighted by Crippen LogP contribution is -2.10. The standard InChI is InChI=1S/C11H14ClN/c1-2-3-8-11(13)9-6-4-5-7-10(9)12/h2,4-7,11H,1,3,8,13H2/t11-/m1/s1. The van der Waals surface area contributed by atoms with Crippen LogP contribution in [0.4, 0.5) is 0 Å². The summed E-state index contributed by atoms with van der Waals surface area (Å²) in [7, 11) is 0. The Hall–Kier alpha value is -0.790. The number of halogens is 1. The third-order valence-electron chi connectivity index (χ3n) is 1.99. The van der Waals surface area contributed by atoms with Crippen LogP contribution in [0, 0.1) is 0 Å². The summed E-state index contributed by atoms with van der Waals surface area (Å²) in [5, 5.41) is 0.749. The fourth-order valence-corrected chi connectivity index (χ4v) is 1.50. The summed E-state index contributed by atoms with van der Waals surface area (Å²) in [6, 6.07) is 7.72. The van der Waals surface area contributed by atoms with Crippen LogP contribution in [0.25, 0.3) is 0 Å². The second-order valence-electron chi connectivity index (χ2n) is 2.99. The zero-order valence-electron chi connectivity index (χ0n) is 7.54. The van der Waals surface area contributed by atoms with Crippen molar-refractivity contribution >= 4 is 11.6 Å². The molecule has 0 saturated heterocycles. The molecule has 2 heteroatoms. The fourth-order valence-electron chi connectivity index (χ4n) is 1.23. The van der Waals surface area contributed by atoms with Crippen molar-refractivity contribution in [2.24, 2.45) is 5.73 Å². The SMILES string of the molecule is C=CCC[C@@H](N)c1ccccc1Cl. The molecule has 0 heterocycles. The van der Waals surface area contributed by atoms with Gasteiger partial charge >= 0.3 is 0 Å². The van der Waals surface area contributed by atoms with Crippen molar-refractivity contribution < 1.29 is 0 Å². The highest BCUT2D eigenvalue weighted by Crippen LogP contribution is 2.23. The number of nitrogens with two attached hydrogens (primary N) is 1. The van der Waals surface area contributed by atoms with E-state index in [0.29, 0.717) is 0 Å². The van der Waals surface area contributed by atoms with Crippen LogP contribution in [0.2, 0.25) is 5.02 Å². The van der Waals surface area contributed by atoms with E-state index in [1.165, 1.54) is 0 Å². The lowest BCUT2D eigenvalue weighted by molar-refractivity contribution is 0.662. The summed E-state index contributed by atoms with van der Waals surface area (Å²) in [5.74, 6) is 0. The van der Waals surface area contributed by atoms with E-state index in [2.05, 4.69) is 6.58 Å². The van der Waals surface area contributed by atoms with E-state index in [4.69, 9.17) is 17.3 Å². The van der Waals surface area contributed by atoms with Gasteiger partial charge in [0.05, 0.1) is 0 Å². The summed E-state index contributed by atoms with van der Waals surface area (Å²) in [5.41, 5.74) is 6.97. The van der Waals surface area contributed by atoms with E-state index in [-0.39, 0.29) is 6.04 Å². The molecule has 0 aromatic heterocycles. The molecule has 1 atom stereocenters. The Balaban J connectivity index is 2.70. The minimum atomic E-state index is 0.0201. The molecule has 2 N–H and O–H groups in total. The third kappa shape index (κ3) is 2.87. The van der Waals surface area contributed by atoms with E-state index in [1.807, 2.05) is 30.3 Å². The third-order valence-corrected chi connectivity index (χ3v) is 2.33. The molecule has 1 aromatic carbocycles. The first-order valence-electron chi connectivity index (χ1n) is 4.36. The second-order valence-corrected chi connectivity index (χ2v) is 3.40. The van der Waals surface area contributed by atoms with Gasteiger partial charge in [-0.15, -0.1) is 6.58 Å². The van der Waals surface area contributed by atoms with Gasteiger partial charge in [0.1, 0.15) is 0 Å². The predicted molar refractivity (Wildman–Crippen MR) is 57.8 cm³/mol. The fraction of sp³-hybridized carbons (Fsp3) is 0.273. The molecule has 0 amide bonds. The Morgan fingerprint density at radius 3 is 2.77 bits per heavy atom. The Morgan fingerprint density at radius 2 is 2.15 bits per heavy atom. The largest absolute Gasteiger partial charge is 0.324 e. The van der Waals surface area contributed by atoms with E-state index >= 15 is 0 Å². The minimum Gasteiger partial charge on any atom is -0.324 e. The van der Waals surface area contributed by atoms with Crippen LogP contribution in [0.15, 0.2) is 36.9 Å². The van der Waals surface area contributed by atoms with Gasteiger partial charge in [-0.1, -0.05) is 35.9 Å². The maximum atomic E-state index is 5.99. The minimum absolute atomic E-state index is 0.0201. The molecule has 0 unspecified atom stereocenters. The number of allylic oxidation sites excluding steroid dienone is 1. The van der Waals surface area contributed by atoms with E-state index in [1.54, 1.807) is 0 Å². The Kier molecular flexibility index (Phi) is 4.00. The molecule has 70 valence electrons. The summed E-state index contributed by atoms with van der Waals surface area (Å²) >= 11 is 5.99. The molecule has 1 aromatic rings. The molecule has 0 aliphatic heterocycles. The van der Waals surface area contributed by atoms with Gasteiger partial charge in [-0.3, -0.25) is 0 Å². The zero-order valence-corrected chi connectivity index (χ0v) is 8.30. The molecule has 0 fully saturated rings. The van der Waals surface area contributed by atoms with Crippen LogP contribution < -0.4 is 5.73 Å². The van der Waals surface area contributed by atoms with E-state index in [9.17, 15) is 0 Å². The first-order chi connectivity index (χ1) is 6.25. The van der Waals surface area contributed by atoms with Gasteiger partial charge in [0.25, 0.3) is 0 Å². The summed E-state index contributed by atoms with van der Waals surface area (Å²) < 4.78 is 0. The average molecular weight is 196 g/mol. The first kappa shape index (κ1) is 10.3. The predicted octanol–water partition coefficient (Wildman–Crippen LogP) is 3.31. The lowest BCUT2D eigenvalue weighted by Gasteiger charge is -2.11. The highest BCUT2D eigenvalue weighted by molar-refractivity contribution is 6.31. The molecular weight excluding hydrogens is 182 g/mol. The maximum Gasteiger partial charge on any atom is 0.0453 e. The Labute approximate surface area is 84.2 Å². The zero-order chi connectivity index (χ0) is 9.68. The Morgan fingerprint density at radius 1 is 1.46 bits per heavy atom. The normalized spacial score (nSPS) is 12.5. The summed E-state index contributed by atoms with van der Waals surface area (Å²) in [4.78, 5) is 0. The number of rotatable bonds is 4. The first-order valence-corrected chi connectivity index (χ1v) is 4.74. The summed E-state index contributed by atoms with van der Waals surface area (Å²) in [6.07, 6.45) is 3.69. The van der Waals surface area contributed by atoms with Gasteiger partial charge in [-0.05, 0) is 24.5 Å². The molecule has 13 heavy (non-hydrogen) atoms. The van der Waals surface area contributed by atoms with E-state index < -0.39 is 0 Å². The van der Waals surface area contributed by atoms with Crippen LogP contribution in [0.3, 0.4) is 0 Å². The topological polar surface area (TPSA) is 26.0 Å². The van der Waals surface area contributed by atoms with Crippen molar-refractivity contribution in [1.29, 1.82) is 0 Å².